The average molecular weight is 195 g/mol. The molecule has 0 aliphatic carbocycles. The van der Waals surface area contributed by atoms with Crippen molar-refractivity contribution in [2.24, 2.45) is 0 Å². The molecular weight excluding hydrogens is 182 g/mol. The molecule has 14 heavy (non-hydrogen) atoms. The predicted octanol–water partition coefficient (Wildman–Crippen LogP) is 1.91. The van der Waals surface area contributed by atoms with Crippen LogP contribution in [0.15, 0.2) is 18.2 Å². The number of carbonyl (C=O) groups is 1. The molecule has 0 amide bonds. The lowest BCUT2D eigenvalue weighted by Crippen LogP contribution is -2.02. The minimum atomic E-state index is -1.12. The van der Waals surface area contributed by atoms with Gasteiger partial charge < -0.3 is 15.5 Å². The Bertz CT molecular complexity index is 336. The van der Waals surface area contributed by atoms with Crippen molar-refractivity contribution in [2.75, 3.05) is 11.9 Å². The molecule has 0 aromatic heterocycles. The van der Waals surface area contributed by atoms with Crippen molar-refractivity contribution in [2.45, 2.75) is 13.3 Å². The summed E-state index contributed by atoms with van der Waals surface area (Å²) in [6.45, 7) is 2.80. The summed E-state index contributed by atoms with van der Waals surface area (Å²) in [5.41, 5.74) is 0.633. The van der Waals surface area contributed by atoms with Crippen LogP contribution in [0, 0.1) is 0 Å². The molecule has 0 fully saturated rings. The lowest BCUT2D eigenvalue weighted by molar-refractivity contribution is 0.0694. The van der Waals surface area contributed by atoms with E-state index in [-0.39, 0.29) is 11.3 Å². The van der Waals surface area contributed by atoms with E-state index >= 15 is 0 Å². The average Bonchev–Trinajstić information content (AvgIpc) is 2.16. The van der Waals surface area contributed by atoms with Gasteiger partial charge in [0.2, 0.25) is 0 Å². The number of aromatic carboxylic acids is 1. The van der Waals surface area contributed by atoms with E-state index in [0.717, 1.165) is 13.0 Å². The fourth-order valence-corrected chi connectivity index (χ4v) is 1.09. The van der Waals surface area contributed by atoms with Crippen LogP contribution in [0.1, 0.15) is 23.7 Å². The van der Waals surface area contributed by atoms with Crippen LogP contribution in [-0.2, 0) is 0 Å². The van der Waals surface area contributed by atoms with Gasteiger partial charge in [-0.05, 0) is 24.6 Å². The molecule has 0 aliphatic heterocycles. The van der Waals surface area contributed by atoms with Crippen molar-refractivity contribution in [3.05, 3.63) is 23.8 Å². The van der Waals surface area contributed by atoms with Crippen molar-refractivity contribution in [3.8, 4) is 5.75 Å². The zero-order valence-corrected chi connectivity index (χ0v) is 7.95. The summed E-state index contributed by atoms with van der Waals surface area (Å²) in [6.07, 6.45) is 0.962. The molecule has 4 heteroatoms. The van der Waals surface area contributed by atoms with E-state index in [1.165, 1.54) is 12.1 Å². The first-order valence-electron chi connectivity index (χ1n) is 4.45. The molecule has 0 saturated heterocycles. The molecule has 0 radical (unpaired) electrons. The minimum Gasteiger partial charge on any atom is -0.507 e. The van der Waals surface area contributed by atoms with Crippen LogP contribution in [0.2, 0.25) is 0 Å². The zero-order chi connectivity index (χ0) is 10.6. The Hall–Kier alpha value is -1.71. The van der Waals surface area contributed by atoms with Crippen molar-refractivity contribution >= 4 is 11.7 Å². The van der Waals surface area contributed by atoms with E-state index in [9.17, 15) is 9.90 Å². The number of rotatable bonds is 4. The SMILES string of the molecule is CCCNc1ccc(O)c(C(=O)O)c1. The summed E-state index contributed by atoms with van der Waals surface area (Å²) in [7, 11) is 0. The second-order valence-electron chi connectivity index (χ2n) is 2.96. The van der Waals surface area contributed by atoms with E-state index in [2.05, 4.69) is 5.32 Å². The molecule has 1 aromatic rings. The van der Waals surface area contributed by atoms with Crippen LogP contribution in [0.5, 0.6) is 5.75 Å². The monoisotopic (exact) mass is 195 g/mol. The Kier molecular flexibility index (Phi) is 3.34. The highest BCUT2D eigenvalue weighted by Gasteiger charge is 2.09. The second-order valence-corrected chi connectivity index (χ2v) is 2.96. The summed E-state index contributed by atoms with van der Waals surface area (Å²) in [6, 6.07) is 4.45. The topological polar surface area (TPSA) is 69.6 Å². The van der Waals surface area contributed by atoms with Gasteiger partial charge in [0.15, 0.2) is 0 Å². The van der Waals surface area contributed by atoms with Crippen LogP contribution in [0.4, 0.5) is 5.69 Å². The Labute approximate surface area is 82.2 Å². The maximum absolute atomic E-state index is 10.7. The fraction of sp³-hybridized carbons (Fsp3) is 0.300. The molecule has 3 N–H and O–H groups in total. The Balaban J connectivity index is 2.89. The van der Waals surface area contributed by atoms with Gasteiger partial charge in [0.1, 0.15) is 11.3 Å². The van der Waals surface area contributed by atoms with Crippen LogP contribution >= 0.6 is 0 Å². The molecular formula is C10H13NO3. The number of hydrogen-bond acceptors (Lipinski definition) is 3. The summed E-state index contributed by atoms with van der Waals surface area (Å²) in [4.78, 5) is 10.7. The highest BCUT2D eigenvalue weighted by atomic mass is 16.4. The van der Waals surface area contributed by atoms with Crippen LogP contribution < -0.4 is 5.32 Å². The summed E-state index contributed by atoms with van der Waals surface area (Å²) in [5, 5.41) is 21.0. The standard InChI is InChI=1S/C10H13NO3/c1-2-5-11-7-3-4-9(12)8(6-7)10(13)14/h3-4,6,11-12H,2,5H2,1H3,(H,13,14). The number of hydrogen-bond donors (Lipinski definition) is 3. The van der Waals surface area contributed by atoms with Crippen LogP contribution in [0.3, 0.4) is 0 Å². The molecule has 0 saturated carbocycles. The maximum Gasteiger partial charge on any atom is 0.339 e. The second kappa shape index (κ2) is 4.50. The van der Waals surface area contributed by atoms with E-state index in [0.29, 0.717) is 5.69 Å². The molecule has 1 aromatic carbocycles. The summed E-state index contributed by atoms with van der Waals surface area (Å²) >= 11 is 0. The lowest BCUT2D eigenvalue weighted by atomic mass is 10.2. The van der Waals surface area contributed by atoms with Crippen molar-refractivity contribution < 1.29 is 15.0 Å². The molecule has 0 spiro atoms. The van der Waals surface area contributed by atoms with Gasteiger partial charge in [-0.1, -0.05) is 6.92 Å². The molecule has 0 atom stereocenters. The number of aromatic hydroxyl groups is 1. The van der Waals surface area contributed by atoms with Gasteiger partial charge in [0.05, 0.1) is 0 Å². The van der Waals surface area contributed by atoms with Gasteiger partial charge >= 0.3 is 5.97 Å². The lowest BCUT2D eigenvalue weighted by Gasteiger charge is -2.06. The molecule has 4 nitrogen and oxygen atoms in total. The Morgan fingerprint density at radius 1 is 1.50 bits per heavy atom. The quantitative estimate of drug-likeness (QED) is 0.642. The van der Waals surface area contributed by atoms with E-state index in [1.54, 1.807) is 6.07 Å². The zero-order valence-electron chi connectivity index (χ0n) is 7.95. The van der Waals surface area contributed by atoms with Gasteiger partial charge in [-0.25, -0.2) is 4.79 Å². The normalized spacial score (nSPS) is 9.79. The highest BCUT2D eigenvalue weighted by Crippen LogP contribution is 2.21. The van der Waals surface area contributed by atoms with Crippen LogP contribution in [0.25, 0.3) is 0 Å². The summed E-state index contributed by atoms with van der Waals surface area (Å²) in [5.74, 6) is -1.33. The highest BCUT2D eigenvalue weighted by molar-refractivity contribution is 5.91. The van der Waals surface area contributed by atoms with E-state index in [4.69, 9.17) is 5.11 Å². The number of carboxylic acid groups (broad SMARTS) is 1. The molecule has 0 bridgehead atoms. The molecule has 0 unspecified atom stereocenters. The first-order chi connectivity index (χ1) is 6.65. The van der Waals surface area contributed by atoms with Crippen LogP contribution in [-0.4, -0.2) is 22.7 Å². The van der Waals surface area contributed by atoms with Gasteiger partial charge in [-0.2, -0.15) is 0 Å². The van der Waals surface area contributed by atoms with Crippen molar-refractivity contribution in [1.82, 2.24) is 0 Å². The number of nitrogens with one attached hydrogen (secondary N) is 1. The smallest absolute Gasteiger partial charge is 0.339 e. The third-order valence-corrected chi connectivity index (χ3v) is 1.81. The van der Waals surface area contributed by atoms with Crippen molar-refractivity contribution in [1.29, 1.82) is 0 Å². The van der Waals surface area contributed by atoms with Gasteiger partial charge in [-0.15, -0.1) is 0 Å². The minimum absolute atomic E-state index is 0.0777. The molecule has 0 aliphatic rings. The van der Waals surface area contributed by atoms with Gasteiger partial charge in [0.25, 0.3) is 0 Å². The number of phenols is 1. The third kappa shape index (κ3) is 2.39. The van der Waals surface area contributed by atoms with E-state index < -0.39 is 5.97 Å². The Morgan fingerprint density at radius 2 is 2.21 bits per heavy atom. The number of anilines is 1. The van der Waals surface area contributed by atoms with Crippen molar-refractivity contribution in [3.63, 3.8) is 0 Å². The van der Waals surface area contributed by atoms with Gasteiger partial charge in [-0.3, -0.25) is 0 Å². The Morgan fingerprint density at radius 3 is 2.79 bits per heavy atom. The maximum atomic E-state index is 10.7. The summed E-state index contributed by atoms with van der Waals surface area (Å²) < 4.78 is 0. The van der Waals surface area contributed by atoms with E-state index in [1.807, 2.05) is 6.92 Å². The molecule has 1 rings (SSSR count). The largest absolute Gasteiger partial charge is 0.507 e. The van der Waals surface area contributed by atoms with Gasteiger partial charge in [0, 0.05) is 12.2 Å². The first kappa shape index (κ1) is 10.4. The first-order valence-corrected chi connectivity index (χ1v) is 4.45. The number of carboxylic acids is 1. The predicted molar refractivity (Wildman–Crippen MR) is 53.8 cm³/mol. The molecule has 0 heterocycles. The number of benzene rings is 1. The fourth-order valence-electron chi connectivity index (χ4n) is 1.09. The molecule has 76 valence electrons. The third-order valence-electron chi connectivity index (χ3n) is 1.81.